The molecule has 2 aromatic carbocycles. The summed E-state index contributed by atoms with van der Waals surface area (Å²) in [5.74, 6) is -0.684. The number of carbonyl (C=O) groups excluding carboxylic acids is 1. The van der Waals surface area contributed by atoms with E-state index in [4.69, 9.17) is 22.1 Å². The molecule has 1 aliphatic heterocycles. The quantitative estimate of drug-likeness (QED) is 0.484. The van der Waals surface area contributed by atoms with Crippen LogP contribution in [0.5, 0.6) is 11.5 Å². The SMILES string of the molecule is O=C(O)CCCN1C(=O)C(=Cc2ccc(OCc3ccccc3)cc2O)SC1=S. The molecule has 1 saturated heterocycles. The van der Waals surface area contributed by atoms with Crippen LogP contribution in [0.15, 0.2) is 53.4 Å². The van der Waals surface area contributed by atoms with E-state index in [2.05, 4.69) is 0 Å². The van der Waals surface area contributed by atoms with E-state index in [1.807, 2.05) is 30.3 Å². The Morgan fingerprint density at radius 1 is 1.21 bits per heavy atom. The Kier molecular flexibility index (Phi) is 6.90. The van der Waals surface area contributed by atoms with Crippen LogP contribution < -0.4 is 4.74 Å². The number of carboxylic acid groups (broad SMARTS) is 1. The van der Waals surface area contributed by atoms with E-state index in [0.717, 1.165) is 17.3 Å². The number of aromatic hydroxyl groups is 1. The maximum absolute atomic E-state index is 12.5. The molecule has 1 fully saturated rings. The van der Waals surface area contributed by atoms with Gasteiger partial charge in [-0.1, -0.05) is 54.3 Å². The third kappa shape index (κ3) is 5.58. The standard InChI is InChI=1S/C21H19NO5S2/c23-17-12-16(27-13-14-5-2-1-3-6-14)9-8-15(17)11-18-20(26)22(21(28)29-18)10-4-7-19(24)25/h1-3,5-6,8-9,11-12,23H,4,7,10,13H2,(H,24,25). The summed E-state index contributed by atoms with van der Waals surface area (Å²) in [6, 6.07) is 14.6. The molecule has 1 amide bonds. The summed E-state index contributed by atoms with van der Waals surface area (Å²) in [6.07, 6.45) is 1.88. The van der Waals surface area contributed by atoms with Gasteiger partial charge in [0.1, 0.15) is 22.4 Å². The average Bonchev–Trinajstić information content (AvgIpc) is 2.96. The molecule has 2 aromatic rings. The Morgan fingerprint density at radius 3 is 2.66 bits per heavy atom. The molecule has 0 spiro atoms. The number of carbonyl (C=O) groups is 2. The molecule has 0 radical (unpaired) electrons. The summed E-state index contributed by atoms with van der Waals surface area (Å²) >= 11 is 6.36. The lowest BCUT2D eigenvalue weighted by Gasteiger charge is -2.13. The van der Waals surface area contributed by atoms with Gasteiger partial charge in [0.25, 0.3) is 5.91 Å². The van der Waals surface area contributed by atoms with Crippen LogP contribution in [-0.4, -0.2) is 37.9 Å². The normalized spacial score (nSPS) is 15.2. The number of hydrogen-bond acceptors (Lipinski definition) is 6. The predicted octanol–water partition coefficient (Wildman–Crippen LogP) is 4.04. The van der Waals surface area contributed by atoms with Crippen molar-refractivity contribution in [2.45, 2.75) is 19.4 Å². The summed E-state index contributed by atoms with van der Waals surface area (Å²) in [6.45, 7) is 0.640. The minimum atomic E-state index is -0.912. The lowest BCUT2D eigenvalue weighted by Crippen LogP contribution is -2.29. The van der Waals surface area contributed by atoms with Gasteiger partial charge < -0.3 is 14.9 Å². The van der Waals surface area contributed by atoms with Gasteiger partial charge in [-0.25, -0.2) is 0 Å². The summed E-state index contributed by atoms with van der Waals surface area (Å²) in [5, 5.41) is 19.0. The number of nitrogens with zero attached hydrogens (tertiary/aromatic N) is 1. The number of benzene rings is 2. The number of thioether (sulfide) groups is 1. The lowest BCUT2D eigenvalue weighted by atomic mass is 10.1. The molecule has 3 rings (SSSR count). The second kappa shape index (κ2) is 9.58. The fourth-order valence-corrected chi connectivity index (χ4v) is 4.00. The highest BCUT2D eigenvalue weighted by Gasteiger charge is 2.31. The van der Waals surface area contributed by atoms with E-state index >= 15 is 0 Å². The van der Waals surface area contributed by atoms with Gasteiger partial charge in [-0.2, -0.15) is 0 Å². The van der Waals surface area contributed by atoms with E-state index in [1.165, 1.54) is 11.0 Å². The number of carboxylic acids is 1. The molecule has 0 bridgehead atoms. The van der Waals surface area contributed by atoms with Gasteiger partial charge in [-0.3, -0.25) is 14.5 Å². The Balaban J connectivity index is 1.66. The first-order chi connectivity index (χ1) is 13.9. The van der Waals surface area contributed by atoms with Gasteiger partial charge in [0.05, 0.1) is 4.91 Å². The molecular weight excluding hydrogens is 410 g/mol. The first kappa shape index (κ1) is 20.9. The second-order valence-electron chi connectivity index (χ2n) is 6.33. The summed E-state index contributed by atoms with van der Waals surface area (Å²) < 4.78 is 6.07. The molecular formula is C21H19NO5S2. The zero-order valence-corrected chi connectivity index (χ0v) is 17.0. The molecule has 1 aliphatic rings. The number of amides is 1. The summed E-state index contributed by atoms with van der Waals surface area (Å²) in [7, 11) is 0. The molecule has 150 valence electrons. The van der Waals surface area contributed by atoms with Crippen molar-refractivity contribution in [1.82, 2.24) is 4.90 Å². The number of hydrogen-bond donors (Lipinski definition) is 2. The molecule has 6 nitrogen and oxygen atoms in total. The van der Waals surface area contributed by atoms with Crippen molar-refractivity contribution < 1.29 is 24.5 Å². The first-order valence-electron chi connectivity index (χ1n) is 8.91. The number of thiocarbonyl (C=S) groups is 1. The Hall–Kier alpha value is -2.84. The number of aliphatic carboxylic acids is 1. The van der Waals surface area contributed by atoms with Crippen molar-refractivity contribution in [2.75, 3.05) is 6.54 Å². The van der Waals surface area contributed by atoms with Crippen LogP contribution >= 0.6 is 24.0 Å². The number of phenolic OH excluding ortho intramolecular Hbond substituents is 1. The fourth-order valence-electron chi connectivity index (χ4n) is 2.70. The Morgan fingerprint density at radius 2 is 1.97 bits per heavy atom. The van der Waals surface area contributed by atoms with Crippen molar-refractivity contribution in [3.05, 3.63) is 64.6 Å². The van der Waals surface area contributed by atoms with Gasteiger partial charge in [-0.15, -0.1) is 0 Å². The topological polar surface area (TPSA) is 87.1 Å². The molecule has 1 heterocycles. The van der Waals surface area contributed by atoms with Crippen LogP contribution in [-0.2, 0) is 16.2 Å². The maximum Gasteiger partial charge on any atom is 0.303 e. The van der Waals surface area contributed by atoms with E-state index in [0.29, 0.717) is 33.6 Å². The lowest BCUT2D eigenvalue weighted by molar-refractivity contribution is -0.137. The van der Waals surface area contributed by atoms with Gasteiger partial charge in [0.2, 0.25) is 0 Å². The molecule has 2 N–H and O–H groups in total. The number of ether oxygens (including phenoxy) is 1. The highest BCUT2D eigenvalue weighted by atomic mass is 32.2. The third-order valence-electron chi connectivity index (χ3n) is 4.18. The molecule has 0 saturated carbocycles. The van der Waals surface area contributed by atoms with E-state index in [-0.39, 0.29) is 24.6 Å². The molecule has 29 heavy (non-hydrogen) atoms. The van der Waals surface area contributed by atoms with E-state index < -0.39 is 5.97 Å². The smallest absolute Gasteiger partial charge is 0.303 e. The fraction of sp³-hybridized carbons (Fsp3) is 0.190. The van der Waals surface area contributed by atoms with Crippen LogP contribution in [0.3, 0.4) is 0 Å². The Bertz CT molecular complexity index is 959. The molecule has 0 aromatic heterocycles. The predicted molar refractivity (Wildman–Crippen MR) is 116 cm³/mol. The van der Waals surface area contributed by atoms with Crippen molar-refractivity contribution in [1.29, 1.82) is 0 Å². The maximum atomic E-state index is 12.5. The van der Waals surface area contributed by atoms with Crippen LogP contribution in [0.4, 0.5) is 0 Å². The minimum absolute atomic E-state index is 0.00768. The van der Waals surface area contributed by atoms with Crippen molar-refractivity contribution >= 4 is 46.3 Å². The van der Waals surface area contributed by atoms with Crippen LogP contribution in [0.25, 0.3) is 6.08 Å². The second-order valence-corrected chi connectivity index (χ2v) is 8.00. The summed E-state index contributed by atoms with van der Waals surface area (Å²) in [4.78, 5) is 25.0. The van der Waals surface area contributed by atoms with Crippen molar-refractivity contribution in [2.24, 2.45) is 0 Å². The van der Waals surface area contributed by atoms with Gasteiger partial charge in [0, 0.05) is 24.6 Å². The third-order valence-corrected chi connectivity index (χ3v) is 5.56. The highest BCUT2D eigenvalue weighted by Crippen LogP contribution is 2.35. The Labute approximate surface area is 177 Å². The van der Waals surface area contributed by atoms with Gasteiger partial charge in [0.15, 0.2) is 0 Å². The average molecular weight is 430 g/mol. The van der Waals surface area contributed by atoms with Crippen LogP contribution in [0.1, 0.15) is 24.0 Å². The zero-order chi connectivity index (χ0) is 20.8. The number of rotatable bonds is 8. The van der Waals surface area contributed by atoms with E-state index in [9.17, 15) is 14.7 Å². The van der Waals surface area contributed by atoms with Crippen LogP contribution in [0, 0.1) is 0 Å². The van der Waals surface area contributed by atoms with Crippen LogP contribution in [0.2, 0.25) is 0 Å². The molecule has 0 unspecified atom stereocenters. The van der Waals surface area contributed by atoms with Gasteiger partial charge in [-0.05, 0) is 30.2 Å². The largest absolute Gasteiger partial charge is 0.507 e. The van der Waals surface area contributed by atoms with Crippen molar-refractivity contribution in [3.8, 4) is 11.5 Å². The molecule has 0 aliphatic carbocycles. The molecule has 8 heteroatoms. The monoisotopic (exact) mass is 429 g/mol. The van der Waals surface area contributed by atoms with Gasteiger partial charge >= 0.3 is 5.97 Å². The number of phenols is 1. The molecule has 0 atom stereocenters. The first-order valence-corrected chi connectivity index (χ1v) is 10.1. The summed E-state index contributed by atoms with van der Waals surface area (Å²) in [5.41, 5.74) is 1.49. The zero-order valence-electron chi connectivity index (χ0n) is 15.4. The minimum Gasteiger partial charge on any atom is -0.507 e. The van der Waals surface area contributed by atoms with E-state index in [1.54, 1.807) is 18.2 Å². The van der Waals surface area contributed by atoms with Crippen molar-refractivity contribution in [3.63, 3.8) is 0 Å². The highest BCUT2D eigenvalue weighted by molar-refractivity contribution is 8.26.